The van der Waals surface area contributed by atoms with Crippen molar-refractivity contribution in [2.45, 2.75) is 68.3 Å². The normalized spacial score (nSPS) is 39.5. The number of hydrogen-bond donors (Lipinski definition) is 2. The lowest BCUT2D eigenvalue weighted by atomic mass is 9.44. The van der Waals surface area contributed by atoms with E-state index in [1.165, 1.54) is 22.3 Å². The Labute approximate surface area is 177 Å². The number of aliphatic hydroxyl groups is 2. The van der Waals surface area contributed by atoms with Crippen molar-refractivity contribution in [3.63, 3.8) is 0 Å². The molecule has 2 heterocycles. The van der Waals surface area contributed by atoms with Crippen LogP contribution in [0.3, 0.4) is 0 Å². The maximum atomic E-state index is 12.7. The van der Waals surface area contributed by atoms with Crippen molar-refractivity contribution in [2.24, 2.45) is 5.41 Å². The molecule has 7 rings (SSSR count). The van der Waals surface area contributed by atoms with Gasteiger partial charge >= 0.3 is 0 Å². The van der Waals surface area contributed by atoms with Crippen LogP contribution in [0.4, 0.5) is 0 Å². The molecule has 2 aromatic carbocycles. The van der Waals surface area contributed by atoms with E-state index in [9.17, 15) is 10.2 Å². The Morgan fingerprint density at radius 2 is 1.80 bits per heavy atom. The zero-order valence-electron chi connectivity index (χ0n) is 17.7. The topological polar surface area (TPSA) is 52.9 Å². The van der Waals surface area contributed by atoms with E-state index < -0.39 is 17.1 Å². The highest BCUT2D eigenvalue weighted by atomic mass is 16.5. The molecule has 5 aliphatic rings. The van der Waals surface area contributed by atoms with Crippen molar-refractivity contribution in [3.05, 3.63) is 64.2 Å². The summed E-state index contributed by atoms with van der Waals surface area (Å²) >= 11 is 0. The highest BCUT2D eigenvalue weighted by Crippen LogP contribution is 2.68. The highest BCUT2D eigenvalue weighted by molar-refractivity contribution is 5.61. The minimum absolute atomic E-state index is 0.0617. The lowest BCUT2D eigenvalue weighted by Crippen LogP contribution is -2.79. The molecular formula is C26H29NO3. The zero-order valence-corrected chi connectivity index (χ0v) is 17.7. The Morgan fingerprint density at radius 1 is 1.07 bits per heavy atom. The van der Waals surface area contributed by atoms with Gasteiger partial charge in [0, 0.05) is 17.0 Å². The van der Waals surface area contributed by atoms with Gasteiger partial charge in [0.25, 0.3) is 0 Å². The third kappa shape index (κ3) is 1.75. The standard InChI is InChI=1S/C26H29NO3/c1-15-7-8-16-11-19-26(29)14-24(12-17-5-3-4-6-18(17)13-24)22(28)23-25(26,9-10-27(19)2)20(16)21(15)30-23/h3-8,19,22-23,28-29H,9-14H2,1-2H3/t19-,22?,23?,25+,26?/m1/s1. The SMILES string of the molecule is Cc1ccc2c3c1OC1C(O)C4(Cc5ccccc5C4)CC4(O)[C@@H](C2)N(C)CC[C@]314. The maximum absolute atomic E-state index is 12.7. The number of fused-ring (bicyclic) bond motifs is 1. The zero-order chi connectivity index (χ0) is 20.5. The van der Waals surface area contributed by atoms with E-state index in [1.54, 1.807) is 0 Å². The van der Waals surface area contributed by atoms with Crippen molar-refractivity contribution < 1.29 is 14.9 Å². The smallest absolute Gasteiger partial charge is 0.138 e. The fourth-order valence-electron chi connectivity index (χ4n) is 8.19. The van der Waals surface area contributed by atoms with Gasteiger partial charge in [-0.25, -0.2) is 0 Å². The van der Waals surface area contributed by atoms with E-state index in [4.69, 9.17) is 4.74 Å². The van der Waals surface area contributed by atoms with Crippen molar-refractivity contribution in [3.8, 4) is 5.75 Å². The number of hydrogen-bond acceptors (Lipinski definition) is 4. The third-order valence-corrected chi connectivity index (χ3v) is 9.48. The van der Waals surface area contributed by atoms with Crippen molar-refractivity contribution >= 4 is 0 Å². The summed E-state index contributed by atoms with van der Waals surface area (Å²) in [6.07, 6.45) is 3.00. The molecule has 1 saturated carbocycles. The van der Waals surface area contributed by atoms with Crippen molar-refractivity contribution in [1.82, 2.24) is 4.90 Å². The number of aryl methyl sites for hydroxylation is 1. The second-order valence-corrected chi connectivity index (χ2v) is 10.7. The molecule has 1 saturated heterocycles. The van der Waals surface area contributed by atoms with E-state index in [-0.39, 0.29) is 17.6 Å². The predicted octanol–water partition coefficient (Wildman–Crippen LogP) is 2.53. The number of piperidine rings is 1. The van der Waals surface area contributed by atoms with E-state index in [0.717, 1.165) is 43.5 Å². The summed E-state index contributed by atoms with van der Waals surface area (Å²) in [5.74, 6) is 0.936. The van der Waals surface area contributed by atoms with Crippen LogP contribution in [0.5, 0.6) is 5.75 Å². The van der Waals surface area contributed by atoms with Crippen LogP contribution in [0.2, 0.25) is 0 Å². The minimum Gasteiger partial charge on any atom is -0.486 e. The summed E-state index contributed by atoms with van der Waals surface area (Å²) < 4.78 is 6.68. The summed E-state index contributed by atoms with van der Waals surface area (Å²) in [5.41, 5.74) is 4.51. The first-order chi connectivity index (χ1) is 14.4. The Morgan fingerprint density at radius 3 is 2.53 bits per heavy atom. The third-order valence-electron chi connectivity index (χ3n) is 9.48. The van der Waals surface area contributed by atoms with Crippen LogP contribution in [-0.2, 0) is 24.7 Å². The number of rotatable bonds is 0. The summed E-state index contributed by atoms with van der Waals surface area (Å²) in [5, 5.41) is 24.6. The van der Waals surface area contributed by atoms with Crippen LogP contribution in [0.1, 0.15) is 40.7 Å². The number of nitrogens with zero attached hydrogens (tertiary/aromatic N) is 1. The van der Waals surface area contributed by atoms with Gasteiger partial charge in [0.2, 0.25) is 0 Å². The lowest BCUT2D eigenvalue weighted by molar-refractivity contribution is -0.243. The van der Waals surface area contributed by atoms with Gasteiger partial charge < -0.3 is 19.8 Å². The number of aliphatic hydroxyl groups excluding tert-OH is 1. The molecule has 0 radical (unpaired) electrons. The molecule has 0 amide bonds. The lowest BCUT2D eigenvalue weighted by Gasteiger charge is -2.66. The van der Waals surface area contributed by atoms with Gasteiger partial charge in [-0.3, -0.25) is 0 Å². The second-order valence-electron chi connectivity index (χ2n) is 10.7. The molecule has 30 heavy (non-hydrogen) atoms. The maximum Gasteiger partial charge on any atom is 0.138 e. The van der Waals surface area contributed by atoms with Gasteiger partial charge in [-0.2, -0.15) is 0 Å². The van der Waals surface area contributed by atoms with Crippen LogP contribution in [-0.4, -0.2) is 52.6 Å². The van der Waals surface area contributed by atoms with Crippen molar-refractivity contribution in [1.29, 1.82) is 0 Å². The molecule has 4 heteroatoms. The fourth-order valence-corrected chi connectivity index (χ4v) is 8.19. The second kappa shape index (κ2) is 5.29. The quantitative estimate of drug-likeness (QED) is 0.710. The molecule has 2 bridgehead atoms. The first kappa shape index (κ1) is 17.8. The Balaban J connectivity index is 1.47. The van der Waals surface area contributed by atoms with Gasteiger partial charge in [-0.05, 0) is 74.9 Å². The summed E-state index contributed by atoms with van der Waals surface area (Å²) in [6, 6.07) is 13.0. The van der Waals surface area contributed by atoms with Crippen LogP contribution in [0, 0.1) is 12.3 Å². The molecular weight excluding hydrogens is 374 g/mol. The molecule has 2 fully saturated rings. The Kier molecular flexibility index (Phi) is 3.13. The molecule has 2 aromatic rings. The summed E-state index contributed by atoms with van der Waals surface area (Å²) in [4.78, 5) is 2.36. The first-order valence-electron chi connectivity index (χ1n) is 11.4. The molecule has 5 atom stereocenters. The number of ether oxygens (including phenoxy) is 1. The average molecular weight is 404 g/mol. The number of likely N-dealkylation sites (tertiary alicyclic amines) is 1. The van der Waals surface area contributed by atoms with Crippen LogP contribution in [0.25, 0.3) is 0 Å². The molecule has 4 nitrogen and oxygen atoms in total. The van der Waals surface area contributed by atoms with Crippen LogP contribution < -0.4 is 4.74 Å². The highest BCUT2D eigenvalue weighted by Gasteiger charge is 2.76. The van der Waals surface area contributed by atoms with Crippen LogP contribution in [0.15, 0.2) is 36.4 Å². The molecule has 3 aliphatic carbocycles. The summed E-state index contributed by atoms with van der Waals surface area (Å²) in [7, 11) is 2.15. The first-order valence-corrected chi connectivity index (χ1v) is 11.4. The fraction of sp³-hybridized carbons (Fsp3) is 0.538. The van der Waals surface area contributed by atoms with Gasteiger partial charge in [0.1, 0.15) is 11.9 Å². The van der Waals surface area contributed by atoms with E-state index in [1.807, 2.05) is 0 Å². The van der Waals surface area contributed by atoms with Crippen molar-refractivity contribution in [2.75, 3.05) is 13.6 Å². The Hall–Kier alpha value is -1.88. The van der Waals surface area contributed by atoms with E-state index in [0.29, 0.717) is 6.42 Å². The van der Waals surface area contributed by atoms with Gasteiger partial charge in [-0.15, -0.1) is 0 Å². The number of benzene rings is 2. The molecule has 2 spiro atoms. The van der Waals surface area contributed by atoms with Crippen LogP contribution >= 0.6 is 0 Å². The average Bonchev–Trinajstić information content (AvgIpc) is 3.26. The van der Waals surface area contributed by atoms with E-state index in [2.05, 4.69) is 55.3 Å². The molecule has 2 N–H and O–H groups in total. The van der Waals surface area contributed by atoms with Gasteiger partial charge in [0.05, 0.1) is 17.1 Å². The number of likely N-dealkylation sites (N-methyl/N-ethyl adjacent to an activating group) is 1. The molecule has 2 aliphatic heterocycles. The monoisotopic (exact) mass is 403 g/mol. The predicted molar refractivity (Wildman–Crippen MR) is 114 cm³/mol. The minimum atomic E-state index is -0.891. The van der Waals surface area contributed by atoms with Gasteiger partial charge in [-0.1, -0.05) is 36.4 Å². The largest absolute Gasteiger partial charge is 0.486 e. The van der Waals surface area contributed by atoms with E-state index >= 15 is 0 Å². The molecule has 0 aromatic heterocycles. The molecule has 156 valence electrons. The molecule has 3 unspecified atom stereocenters. The summed E-state index contributed by atoms with van der Waals surface area (Å²) in [6.45, 7) is 3.02. The van der Waals surface area contributed by atoms with Gasteiger partial charge in [0.15, 0.2) is 0 Å². The Bertz CT molecular complexity index is 1070.